The maximum atomic E-state index is 11.5. The summed E-state index contributed by atoms with van der Waals surface area (Å²) in [5, 5.41) is 3.15. The van der Waals surface area contributed by atoms with Gasteiger partial charge in [0.15, 0.2) is 0 Å². The van der Waals surface area contributed by atoms with E-state index >= 15 is 0 Å². The number of sulfonamides is 1. The van der Waals surface area contributed by atoms with E-state index in [9.17, 15) is 8.42 Å². The van der Waals surface area contributed by atoms with Crippen LogP contribution in [0.4, 0.5) is 5.69 Å². The monoisotopic (exact) mass is 278 g/mol. The van der Waals surface area contributed by atoms with Gasteiger partial charge in [-0.15, -0.1) is 0 Å². The zero-order valence-electron chi connectivity index (χ0n) is 10.4. The van der Waals surface area contributed by atoms with Gasteiger partial charge in [0.25, 0.3) is 0 Å². The Hall–Kier alpha value is -1.99. The van der Waals surface area contributed by atoms with E-state index in [1.807, 2.05) is 6.07 Å². The number of nitrogens with one attached hydrogen (secondary N) is 2. The average Bonchev–Trinajstić information content (AvgIpc) is 2.47. The Balaban J connectivity index is 2.04. The molecule has 1 heterocycles. The molecule has 1 aromatic carbocycles. The second kappa shape index (κ2) is 5.77. The van der Waals surface area contributed by atoms with Crippen molar-refractivity contribution in [1.82, 2.24) is 14.7 Å². The third kappa shape index (κ3) is 3.49. The number of anilines is 1. The van der Waals surface area contributed by atoms with Gasteiger partial charge < -0.3 is 5.32 Å². The molecule has 0 saturated carbocycles. The lowest BCUT2D eigenvalue weighted by Crippen LogP contribution is -2.18. The summed E-state index contributed by atoms with van der Waals surface area (Å²) in [6, 6.07) is 8.34. The van der Waals surface area contributed by atoms with Crippen LogP contribution < -0.4 is 10.0 Å². The van der Waals surface area contributed by atoms with E-state index in [1.54, 1.807) is 30.5 Å². The molecule has 0 unspecified atom stereocenters. The van der Waals surface area contributed by atoms with Crippen LogP contribution in [0.5, 0.6) is 0 Å². The summed E-state index contributed by atoms with van der Waals surface area (Å²) < 4.78 is 25.4. The fourth-order valence-corrected chi connectivity index (χ4v) is 2.22. The number of hydrogen-bond acceptors (Lipinski definition) is 5. The number of nitrogens with zero attached hydrogens (tertiary/aromatic N) is 2. The fraction of sp³-hybridized carbons (Fsp3) is 0.167. The second-order valence-corrected chi connectivity index (χ2v) is 5.67. The summed E-state index contributed by atoms with van der Waals surface area (Å²) in [4.78, 5) is 8.16. The van der Waals surface area contributed by atoms with E-state index in [1.165, 1.54) is 13.4 Å². The van der Waals surface area contributed by atoms with Gasteiger partial charge in [0.05, 0.1) is 17.1 Å². The van der Waals surface area contributed by atoms with Crippen LogP contribution in [0.2, 0.25) is 0 Å². The molecule has 0 fully saturated rings. The predicted octanol–water partition coefficient (Wildman–Crippen LogP) is 0.997. The van der Waals surface area contributed by atoms with E-state index in [-0.39, 0.29) is 4.90 Å². The highest BCUT2D eigenvalue weighted by Gasteiger charge is 2.10. The van der Waals surface area contributed by atoms with Crippen LogP contribution in [-0.2, 0) is 16.6 Å². The third-order valence-corrected chi connectivity index (χ3v) is 3.98. The first-order valence-electron chi connectivity index (χ1n) is 5.64. The first-order chi connectivity index (χ1) is 9.12. The predicted molar refractivity (Wildman–Crippen MR) is 72.0 cm³/mol. The van der Waals surface area contributed by atoms with Crippen molar-refractivity contribution in [2.45, 2.75) is 11.4 Å². The van der Waals surface area contributed by atoms with Gasteiger partial charge in [-0.3, -0.25) is 0 Å². The highest BCUT2D eigenvalue weighted by Crippen LogP contribution is 2.14. The Labute approximate surface area is 112 Å². The lowest BCUT2D eigenvalue weighted by Gasteiger charge is -2.07. The van der Waals surface area contributed by atoms with Crippen molar-refractivity contribution in [3.63, 3.8) is 0 Å². The quantitative estimate of drug-likeness (QED) is 0.852. The summed E-state index contributed by atoms with van der Waals surface area (Å²) >= 11 is 0. The van der Waals surface area contributed by atoms with Crippen molar-refractivity contribution in [2.24, 2.45) is 0 Å². The summed E-state index contributed by atoms with van der Waals surface area (Å²) in [7, 11) is -1.99. The minimum absolute atomic E-state index is 0.239. The molecule has 0 atom stereocenters. The minimum Gasteiger partial charge on any atom is -0.379 e. The fourth-order valence-electron chi connectivity index (χ4n) is 1.49. The highest BCUT2D eigenvalue weighted by atomic mass is 32.2. The lowest BCUT2D eigenvalue weighted by atomic mass is 10.3. The summed E-state index contributed by atoms with van der Waals surface area (Å²) in [6.07, 6.45) is 3.16. The van der Waals surface area contributed by atoms with Gasteiger partial charge >= 0.3 is 0 Å². The highest BCUT2D eigenvalue weighted by molar-refractivity contribution is 7.89. The Morgan fingerprint density at radius 1 is 1.16 bits per heavy atom. The molecule has 100 valence electrons. The molecule has 0 aliphatic rings. The standard InChI is InChI=1S/C12H14N4O2S/c1-13-19(17,18)12-4-2-10(3-5-12)15-8-11-6-7-14-9-16-11/h2-7,9,13,15H,8H2,1H3. The molecule has 0 radical (unpaired) electrons. The smallest absolute Gasteiger partial charge is 0.240 e. The van der Waals surface area contributed by atoms with E-state index in [4.69, 9.17) is 0 Å². The largest absolute Gasteiger partial charge is 0.379 e. The van der Waals surface area contributed by atoms with E-state index < -0.39 is 10.0 Å². The topological polar surface area (TPSA) is 84.0 Å². The molecule has 2 aromatic rings. The molecule has 0 saturated heterocycles. The maximum absolute atomic E-state index is 11.5. The third-order valence-electron chi connectivity index (χ3n) is 2.55. The van der Waals surface area contributed by atoms with Crippen molar-refractivity contribution >= 4 is 15.7 Å². The number of aromatic nitrogens is 2. The Kier molecular flexibility index (Phi) is 4.08. The number of benzene rings is 1. The first kappa shape index (κ1) is 13.4. The first-order valence-corrected chi connectivity index (χ1v) is 7.12. The van der Waals surface area contributed by atoms with E-state index in [0.29, 0.717) is 6.54 Å². The summed E-state index contributed by atoms with van der Waals surface area (Å²) in [6.45, 7) is 0.556. The van der Waals surface area contributed by atoms with Crippen molar-refractivity contribution in [3.8, 4) is 0 Å². The van der Waals surface area contributed by atoms with Gasteiger partial charge in [0, 0.05) is 11.9 Å². The second-order valence-electron chi connectivity index (χ2n) is 3.79. The molecule has 2 N–H and O–H groups in total. The maximum Gasteiger partial charge on any atom is 0.240 e. The van der Waals surface area contributed by atoms with Crippen LogP contribution >= 0.6 is 0 Å². The molecular weight excluding hydrogens is 264 g/mol. The van der Waals surface area contributed by atoms with Gasteiger partial charge in [-0.1, -0.05) is 0 Å². The molecular formula is C12H14N4O2S. The Morgan fingerprint density at radius 3 is 2.47 bits per heavy atom. The average molecular weight is 278 g/mol. The molecule has 1 aromatic heterocycles. The molecule has 0 spiro atoms. The Morgan fingerprint density at radius 2 is 1.89 bits per heavy atom. The zero-order chi connectivity index (χ0) is 13.7. The Bertz CT molecular complexity index is 627. The minimum atomic E-state index is -3.38. The van der Waals surface area contributed by atoms with Gasteiger partial charge in [-0.25, -0.2) is 23.1 Å². The molecule has 19 heavy (non-hydrogen) atoms. The number of hydrogen-bond donors (Lipinski definition) is 2. The molecule has 0 aliphatic carbocycles. The van der Waals surface area contributed by atoms with Crippen LogP contribution in [-0.4, -0.2) is 25.4 Å². The van der Waals surface area contributed by atoms with Gasteiger partial charge in [-0.2, -0.15) is 0 Å². The van der Waals surface area contributed by atoms with Crippen LogP contribution in [0, 0.1) is 0 Å². The SMILES string of the molecule is CNS(=O)(=O)c1ccc(NCc2ccncn2)cc1. The van der Waals surface area contributed by atoms with E-state index in [2.05, 4.69) is 20.0 Å². The van der Waals surface area contributed by atoms with Gasteiger partial charge in [-0.05, 0) is 37.4 Å². The molecule has 0 aliphatic heterocycles. The summed E-state index contributed by atoms with van der Waals surface area (Å²) in [5.74, 6) is 0. The lowest BCUT2D eigenvalue weighted by molar-refractivity contribution is 0.588. The van der Waals surface area contributed by atoms with Crippen molar-refractivity contribution < 1.29 is 8.42 Å². The van der Waals surface area contributed by atoms with Crippen LogP contribution in [0.25, 0.3) is 0 Å². The summed E-state index contributed by atoms with van der Waals surface area (Å²) in [5.41, 5.74) is 1.69. The number of rotatable bonds is 5. The molecule has 7 heteroatoms. The van der Waals surface area contributed by atoms with Crippen LogP contribution in [0.1, 0.15) is 5.69 Å². The molecule has 0 amide bonds. The van der Waals surface area contributed by atoms with Crippen molar-refractivity contribution in [1.29, 1.82) is 0 Å². The zero-order valence-corrected chi connectivity index (χ0v) is 11.2. The molecule has 6 nitrogen and oxygen atoms in total. The van der Waals surface area contributed by atoms with Crippen molar-refractivity contribution in [3.05, 3.63) is 48.5 Å². The van der Waals surface area contributed by atoms with Crippen molar-refractivity contribution in [2.75, 3.05) is 12.4 Å². The van der Waals surface area contributed by atoms with Gasteiger partial charge in [0.1, 0.15) is 6.33 Å². The van der Waals surface area contributed by atoms with Crippen LogP contribution in [0.3, 0.4) is 0 Å². The normalized spacial score (nSPS) is 11.2. The van der Waals surface area contributed by atoms with Crippen LogP contribution in [0.15, 0.2) is 47.8 Å². The molecule has 2 rings (SSSR count). The van der Waals surface area contributed by atoms with Gasteiger partial charge in [0.2, 0.25) is 10.0 Å². The molecule has 0 bridgehead atoms. The van der Waals surface area contributed by atoms with E-state index in [0.717, 1.165) is 11.4 Å².